The molecule has 0 aromatic carbocycles. The van der Waals surface area contributed by atoms with E-state index in [1.165, 1.54) is 0 Å². The smallest absolute Gasteiger partial charge is 0.381 e. The van der Waals surface area contributed by atoms with E-state index in [-0.39, 0.29) is 12.6 Å². The highest BCUT2D eigenvalue weighted by Crippen LogP contribution is 2.63. The van der Waals surface area contributed by atoms with Gasteiger partial charge in [0.2, 0.25) is 6.79 Å². The molecule has 1 aliphatic heterocycles. The molecule has 0 aromatic heterocycles. The molecule has 0 spiro atoms. The lowest BCUT2D eigenvalue weighted by molar-refractivity contribution is -0.154. The van der Waals surface area contributed by atoms with Gasteiger partial charge in [-0.2, -0.15) is 0 Å². The largest absolute Gasteiger partial charge is 0.478 e. The molecular weight excluding hydrogens is 255 g/mol. The lowest BCUT2D eigenvalue weighted by Gasteiger charge is -2.31. The van der Waals surface area contributed by atoms with Crippen LogP contribution < -0.4 is 0 Å². The second kappa shape index (κ2) is 5.05. The van der Waals surface area contributed by atoms with Crippen LogP contribution in [0.5, 0.6) is 0 Å². The lowest BCUT2D eigenvalue weighted by Crippen LogP contribution is -2.43. The molecule has 0 bridgehead atoms. The molecule has 1 heterocycles. The Morgan fingerprint density at radius 3 is 2.35 bits per heavy atom. The normalized spacial score (nSPS) is 18.9. The maximum Gasteiger partial charge on any atom is 0.381 e. The van der Waals surface area contributed by atoms with Crippen molar-refractivity contribution in [2.24, 2.45) is 0 Å². The van der Waals surface area contributed by atoms with Gasteiger partial charge in [-0.3, -0.25) is 4.57 Å². The molecule has 1 atom stereocenters. The first-order valence-electron chi connectivity index (χ1n) is 4.43. The van der Waals surface area contributed by atoms with E-state index in [4.69, 9.17) is 14.2 Å². The molecule has 17 heavy (non-hydrogen) atoms. The summed E-state index contributed by atoms with van der Waals surface area (Å²) in [6.45, 7) is -0.193. The van der Waals surface area contributed by atoms with Crippen LogP contribution in [0.2, 0.25) is 0 Å². The molecular formula is C8H13O8P. The molecule has 8 nitrogen and oxygen atoms in total. The van der Waals surface area contributed by atoms with Crippen molar-refractivity contribution in [3.8, 4) is 0 Å². The van der Waals surface area contributed by atoms with Crippen LogP contribution in [-0.2, 0) is 32.6 Å². The zero-order valence-electron chi connectivity index (χ0n) is 9.54. The topological polar surface area (TPSA) is 101 Å². The van der Waals surface area contributed by atoms with Gasteiger partial charge >= 0.3 is 18.9 Å². The quantitative estimate of drug-likeness (QED) is 0.704. The average molecular weight is 268 g/mol. The van der Waals surface area contributed by atoms with Crippen molar-refractivity contribution in [2.45, 2.75) is 5.34 Å². The van der Waals surface area contributed by atoms with Gasteiger partial charge in [0.1, 0.15) is 6.26 Å². The monoisotopic (exact) mass is 268 g/mol. The number of aliphatic carboxylic acids is 1. The van der Waals surface area contributed by atoms with E-state index < -0.39 is 18.9 Å². The van der Waals surface area contributed by atoms with Crippen LogP contribution in [0.25, 0.3) is 0 Å². The van der Waals surface area contributed by atoms with E-state index in [0.29, 0.717) is 0 Å². The Bertz CT molecular complexity index is 370. The van der Waals surface area contributed by atoms with Gasteiger partial charge in [-0.1, -0.05) is 0 Å². The first-order chi connectivity index (χ1) is 7.98. The first kappa shape index (κ1) is 14.0. The van der Waals surface area contributed by atoms with Crippen molar-refractivity contribution in [3.63, 3.8) is 0 Å². The third kappa shape index (κ3) is 1.93. The minimum absolute atomic E-state index is 0.193. The molecule has 0 aromatic rings. The minimum atomic E-state index is -4.12. The number of carboxylic acid groups (broad SMARTS) is 1. The molecule has 0 aliphatic carbocycles. The van der Waals surface area contributed by atoms with Gasteiger partial charge in [-0.05, 0) is 0 Å². The molecule has 1 N–H and O–H groups in total. The van der Waals surface area contributed by atoms with Gasteiger partial charge in [-0.25, -0.2) is 4.79 Å². The Kier molecular flexibility index (Phi) is 4.16. The van der Waals surface area contributed by atoms with Gasteiger partial charge in [0.25, 0.3) is 0 Å². The van der Waals surface area contributed by atoms with E-state index in [9.17, 15) is 14.5 Å². The Morgan fingerprint density at radius 1 is 1.47 bits per heavy atom. The number of rotatable bonds is 6. The van der Waals surface area contributed by atoms with Crippen LogP contribution in [-0.4, -0.2) is 44.5 Å². The van der Waals surface area contributed by atoms with Crippen molar-refractivity contribution in [1.82, 2.24) is 0 Å². The molecule has 0 amide bonds. The third-order valence-corrected chi connectivity index (χ3v) is 4.59. The van der Waals surface area contributed by atoms with Crippen LogP contribution in [0.15, 0.2) is 12.0 Å². The van der Waals surface area contributed by atoms with Gasteiger partial charge in [0, 0.05) is 21.3 Å². The Balaban J connectivity index is 3.36. The lowest BCUT2D eigenvalue weighted by atomic mass is 10.3. The van der Waals surface area contributed by atoms with E-state index in [1.54, 1.807) is 0 Å². The van der Waals surface area contributed by atoms with Crippen molar-refractivity contribution >= 4 is 13.6 Å². The molecule has 98 valence electrons. The number of hydrogen-bond acceptors (Lipinski definition) is 7. The molecule has 1 aliphatic rings. The Morgan fingerprint density at radius 2 is 2.06 bits per heavy atom. The van der Waals surface area contributed by atoms with Crippen molar-refractivity contribution in [3.05, 3.63) is 12.0 Å². The van der Waals surface area contributed by atoms with Gasteiger partial charge in [0.15, 0.2) is 5.76 Å². The number of carboxylic acids is 1. The number of methoxy groups -OCH3 is 1. The van der Waals surface area contributed by atoms with Crippen LogP contribution in [0.1, 0.15) is 0 Å². The van der Waals surface area contributed by atoms with Crippen LogP contribution in [0, 0.1) is 0 Å². The summed E-state index contributed by atoms with van der Waals surface area (Å²) in [5, 5.41) is 6.87. The highest BCUT2D eigenvalue weighted by Gasteiger charge is 2.63. The fourth-order valence-corrected chi connectivity index (χ4v) is 2.92. The summed E-state index contributed by atoms with van der Waals surface area (Å²) in [6, 6.07) is 0. The fraction of sp³-hybridized carbons (Fsp3) is 0.625. The van der Waals surface area contributed by atoms with E-state index >= 15 is 0 Å². The maximum atomic E-state index is 12.3. The third-order valence-electron chi connectivity index (χ3n) is 2.26. The summed E-state index contributed by atoms with van der Waals surface area (Å²) >= 11 is 0. The predicted molar refractivity (Wildman–Crippen MR) is 54.1 cm³/mol. The first-order valence-corrected chi connectivity index (χ1v) is 5.98. The Hall–Kier alpha value is -1.08. The fourth-order valence-electron chi connectivity index (χ4n) is 1.41. The summed E-state index contributed by atoms with van der Waals surface area (Å²) < 4.78 is 36.1. The second-order valence-corrected chi connectivity index (χ2v) is 5.28. The van der Waals surface area contributed by atoms with Crippen molar-refractivity contribution in [1.29, 1.82) is 0 Å². The van der Waals surface area contributed by atoms with Crippen molar-refractivity contribution in [2.75, 3.05) is 28.1 Å². The van der Waals surface area contributed by atoms with Crippen LogP contribution in [0.3, 0.4) is 0 Å². The van der Waals surface area contributed by atoms with E-state index in [0.717, 1.165) is 27.6 Å². The highest BCUT2D eigenvalue weighted by molar-refractivity contribution is 7.56. The number of ether oxygens (including phenoxy) is 3. The summed E-state index contributed by atoms with van der Waals surface area (Å²) in [6.07, 6.45) is 1.00. The predicted octanol–water partition coefficient (Wildman–Crippen LogP) is 0.745. The standard InChI is InChI=1S/C8H13O8P/c1-12-8(7(9)10,6-4-15-5-16-6)17(11,13-2)14-3/h4H,5H2,1-3H3,(H,9,10). The summed E-state index contributed by atoms with van der Waals surface area (Å²) in [5.74, 6) is -1.84. The highest BCUT2D eigenvalue weighted by atomic mass is 31.2. The summed E-state index contributed by atoms with van der Waals surface area (Å²) in [5.41, 5.74) is 0. The SMILES string of the molecule is COC(C(=O)O)(C1=COCO1)P(=O)(OC)OC. The molecule has 9 heteroatoms. The van der Waals surface area contributed by atoms with Gasteiger partial charge in [-0.15, -0.1) is 0 Å². The van der Waals surface area contributed by atoms with Crippen LogP contribution >= 0.6 is 7.60 Å². The minimum Gasteiger partial charge on any atom is -0.478 e. The number of hydrogen-bond donors (Lipinski definition) is 1. The van der Waals surface area contributed by atoms with Crippen LogP contribution in [0.4, 0.5) is 0 Å². The maximum absolute atomic E-state index is 12.3. The molecule has 0 radical (unpaired) electrons. The van der Waals surface area contributed by atoms with Crippen molar-refractivity contribution < 1.29 is 37.7 Å². The molecule has 1 unspecified atom stereocenters. The summed E-state index contributed by atoms with van der Waals surface area (Å²) in [4.78, 5) is 11.4. The zero-order valence-corrected chi connectivity index (χ0v) is 10.4. The van der Waals surface area contributed by atoms with E-state index in [1.807, 2.05) is 0 Å². The molecule has 0 saturated heterocycles. The molecule has 0 saturated carbocycles. The van der Waals surface area contributed by atoms with Gasteiger partial charge in [0.05, 0.1) is 0 Å². The summed E-state index contributed by atoms with van der Waals surface area (Å²) in [7, 11) is -0.960. The second-order valence-electron chi connectivity index (χ2n) is 2.93. The molecule has 0 fully saturated rings. The zero-order chi connectivity index (χ0) is 13.1. The Labute approximate surface area is 97.6 Å². The average Bonchev–Trinajstić information content (AvgIpc) is 2.83. The number of carbonyl (C=O) groups is 1. The molecule has 1 rings (SSSR count). The van der Waals surface area contributed by atoms with E-state index in [2.05, 4.69) is 9.05 Å². The van der Waals surface area contributed by atoms with Gasteiger partial charge < -0.3 is 28.4 Å².